The van der Waals surface area contributed by atoms with Gasteiger partial charge in [-0.05, 0) is 54.1 Å². The first-order valence-electron chi connectivity index (χ1n) is 8.97. The highest BCUT2D eigenvalue weighted by Gasteiger charge is 2.07. The number of carbonyl (C=O) groups is 1. The summed E-state index contributed by atoms with van der Waals surface area (Å²) in [6.07, 6.45) is 1.44. The van der Waals surface area contributed by atoms with E-state index in [9.17, 15) is 4.79 Å². The van der Waals surface area contributed by atoms with Crippen LogP contribution in [-0.2, 0) is 11.4 Å². The molecule has 0 radical (unpaired) electrons. The quantitative estimate of drug-likeness (QED) is 0.289. The Kier molecular flexibility index (Phi) is 8.43. The monoisotopic (exact) mass is 496 g/mol. The molecule has 0 spiro atoms. The number of hydrogen-bond acceptors (Lipinski definition) is 4. The van der Waals surface area contributed by atoms with Gasteiger partial charge in [0.25, 0.3) is 5.91 Å². The zero-order chi connectivity index (χ0) is 22.2. The van der Waals surface area contributed by atoms with Gasteiger partial charge >= 0.3 is 0 Å². The first-order chi connectivity index (χ1) is 14.9. The van der Waals surface area contributed by atoms with Crippen molar-refractivity contribution in [3.8, 4) is 11.5 Å². The van der Waals surface area contributed by atoms with Gasteiger partial charge in [0.1, 0.15) is 18.1 Å². The Morgan fingerprint density at radius 2 is 1.58 bits per heavy atom. The van der Waals surface area contributed by atoms with Gasteiger partial charge in [-0.1, -0.05) is 58.5 Å². The van der Waals surface area contributed by atoms with Crippen molar-refractivity contribution in [2.75, 3.05) is 6.61 Å². The Bertz CT molecular complexity index is 1110. The number of nitrogens with one attached hydrogen (secondary N) is 1. The second-order valence-electron chi connectivity index (χ2n) is 6.26. The van der Waals surface area contributed by atoms with Crippen LogP contribution in [0.3, 0.4) is 0 Å². The lowest BCUT2D eigenvalue weighted by Gasteiger charge is -2.10. The number of hydrogen-bond donors (Lipinski definition) is 1. The molecular weight excluding hydrogens is 482 g/mol. The lowest BCUT2D eigenvalue weighted by Crippen LogP contribution is -2.24. The van der Waals surface area contributed by atoms with Crippen LogP contribution in [0.2, 0.25) is 20.1 Å². The summed E-state index contributed by atoms with van der Waals surface area (Å²) in [6, 6.07) is 17.2. The number of benzene rings is 3. The van der Waals surface area contributed by atoms with E-state index in [1.165, 1.54) is 12.3 Å². The van der Waals surface area contributed by atoms with Crippen LogP contribution in [0, 0.1) is 0 Å². The van der Waals surface area contributed by atoms with Crippen LogP contribution in [0.5, 0.6) is 11.5 Å². The Balaban J connectivity index is 1.58. The largest absolute Gasteiger partial charge is 0.488 e. The molecule has 0 saturated carbocycles. The molecule has 160 valence electrons. The number of halogens is 4. The van der Waals surface area contributed by atoms with Crippen LogP contribution in [0.1, 0.15) is 11.1 Å². The van der Waals surface area contributed by atoms with Crippen LogP contribution in [-0.4, -0.2) is 18.7 Å². The maximum absolute atomic E-state index is 12.0. The summed E-state index contributed by atoms with van der Waals surface area (Å²) < 4.78 is 11.2. The molecule has 5 nitrogen and oxygen atoms in total. The first-order valence-corrected chi connectivity index (χ1v) is 10.5. The highest BCUT2D eigenvalue weighted by Crippen LogP contribution is 2.27. The third kappa shape index (κ3) is 7.33. The third-order valence-corrected chi connectivity index (χ3v) is 4.90. The number of amides is 1. The molecule has 3 rings (SSSR count). The van der Waals surface area contributed by atoms with E-state index in [0.717, 1.165) is 5.56 Å². The molecule has 0 aliphatic heterocycles. The number of carbonyl (C=O) groups excluding carboxylic acids is 1. The Labute approximate surface area is 199 Å². The predicted molar refractivity (Wildman–Crippen MR) is 125 cm³/mol. The fraction of sp³-hybridized carbons (Fsp3) is 0.0909. The van der Waals surface area contributed by atoms with Crippen molar-refractivity contribution >= 4 is 58.5 Å². The molecule has 9 heteroatoms. The van der Waals surface area contributed by atoms with Gasteiger partial charge in [0.2, 0.25) is 0 Å². The Hall–Kier alpha value is -2.44. The second-order valence-corrected chi connectivity index (χ2v) is 7.97. The van der Waals surface area contributed by atoms with Crippen molar-refractivity contribution in [1.82, 2.24) is 5.43 Å². The zero-order valence-corrected chi connectivity index (χ0v) is 19.0. The van der Waals surface area contributed by atoms with Gasteiger partial charge in [0, 0.05) is 20.6 Å². The van der Waals surface area contributed by atoms with Crippen LogP contribution < -0.4 is 14.9 Å². The Morgan fingerprint density at radius 1 is 0.871 bits per heavy atom. The van der Waals surface area contributed by atoms with E-state index in [1.807, 2.05) is 18.2 Å². The summed E-state index contributed by atoms with van der Waals surface area (Å²) in [6.45, 7) is 0.0391. The number of nitrogens with zero attached hydrogens (tertiary/aromatic N) is 1. The summed E-state index contributed by atoms with van der Waals surface area (Å²) in [5.41, 5.74) is 3.89. The summed E-state index contributed by atoms with van der Waals surface area (Å²) >= 11 is 23.9. The standard InChI is InChI=1S/C22H16Cl4N2O3/c23-16-3-1-2-14(8-16)12-30-20-6-4-17(24)9-15(20)11-27-28-22(29)13-31-21-7-5-18(25)10-19(21)26/h1-11H,12-13H2,(H,28,29)/b27-11-. The van der Waals surface area contributed by atoms with Crippen LogP contribution in [0.25, 0.3) is 0 Å². The predicted octanol–water partition coefficient (Wildman–Crippen LogP) is 6.41. The molecule has 0 heterocycles. The molecule has 0 bridgehead atoms. The minimum Gasteiger partial charge on any atom is -0.488 e. The molecule has 3 aromatic rings. The smallest absolute Gasteiger partial charge is 0.277 e. The normalized spacial score (nSPS) is 10.8. The van der Waals surface area contributed by atoms with E-state index >= 15 is 0 Å². The van der Waals surface area contributed by atoms with Gasteiger partial charge in [0.15, 0.2) is 6.61 Å². The highest BCUT2D eigenvalue weighted by atomic mass is 35.5. The topological polar surface area (TPSA) is 59.9 Å². The van der Waals surface area contributed by atoms with E-state index in [4.69, 9.17) is 55.9 Å². The van der Waals surface area contributed by atoms with E-state index in [2.05, 4.69) is 10.5 Å². The van der Waals surface area contributed by atoms with Crippen LogP contribution >= 0.6 is 46.4 Å². The van der Waals surface area contributed by atoms with Gasteiger partial charge in [-0.2, -0.15) is 5.10 Å². The zero-order valence-electron chi connectivity index (χ0n) is 15.9. The summed E-state index contributed by atoms with van der Waals surface area (Å²) in [4.78, 5) is 12.0. The number of rotatable bonds is 8. The summed E-state index contributed by atoms with van der Waals surface area (Å²) in [5.74, 6) is 0.425. The fourth-order valence-electron chi connectivity index (χ4n) is 2.48. The average molecular weight is 498 g/mol. The molecule has 31 heavy (non-hydrogen) atoms. The van der Waals surface area contributed by atoms with E-state index in [-0.39, 0.29) is 6.61 Å². The number of hydrazone groups is 1. The summed E-state index contributed by atoms with van der Waals surface area (Å²) in [7, 11) is 0. The maximum Gasteiger partial charge on any atom is 0.277 e. The van der Waals surface area contributed by atoms with Gasteiger partial charge in [0.05, 0.1) is 11.2 Å². The molecule has 1 amide bonds. The minimum atomic E-state index is -0.467. The van der Waals surface area contributed by atoms with E-state index < -0.39 is 5.91 Å². The lowest BCUT2D eigenvalue weighted by atomic mass is 10.2. The molecule has 0 atom stereocenters. The van der Waals surface area contributed by atoms with Gasteiger partial charge in [-0.25, -0.2) is 5.43 Å². The van der Waals surface area contributed by atoms with Crippen molar-refractivity contribution in [2.45, 2.75) is 6.61 Å². The first kappa shape index (κ1) is 23.2. The Morgan fingerprint density at radius 3 is 2.32 bits per heavy atom. The molecule has 0 saturated heterocycles. The average Bonchev–Trinajstić information content (AvgIpc) is 2.72. The second kappa shape index (κ2) is 11.3. The maximum atomic E-state index is 12.0. The van der Waals surface area contributed by atoms with Gasteiger partial charge in [-0.15, -0.1) is 0 Å². The molecule has 0 fully saturated rings. The van der Waals surface area contributed by atoms with Gasteiger partial charge < -0.3 is 9.47 Å². The van der Waals surface area contributed by atoms with E-state index in [1.54, 1.807) is 36.4 Å². The molecule has 1 N–H and O–H groups in total. The summed E-state index contributed by atoms with van der Waals surface area (Å²) in [5, 5.41) is 5.86. The molecular formula is C22H16Cl4N2O3. The number of ether oxygens (including phenoxy) is 2. The minimum absolute atomic E-state index is 0.271. The lowest BCUT2D eigenvalue weighted by molar-refractivity contribution is -0.123. The molecule has 0 unspecified atom stereocenters. The van der Waals surface area contributed by atoms with Crippen molar-refractivity contribution in [3.63, 3.8) is 0 Å². The SMILES string of the molecule is O=C(COc1ccc(Cl)cc1Cl)N/N=C\c1cc(Cl)ccc1OCc1cccc(Cl)c1. The van der Waals surface area contributed by atoms with E-state index in [0.29, 0.717) is 43.8 Å². The van der Waals surface area contributed by atoms with Gasteiger partial charge in [-0.3, -0.25) is 4.79 Å². The van der Waals surface area contributed by atoms with Crippen LogP contribution in [0.15, 0.2) is 65.8 Å². The molecule has 0 aliphatic rings. The molecule has 0 aliphatic carbocycles. The third-order valence-electron chi connectivity index (χ3n) is 3.90. The van der Waals surface area contributed by atoms with Crippen LogP contribution in [0.4, 0.5) is 0 Å². The van der Waals surface area contributed by atoms with Crippen molar-refractivity contribution in [1.29, 1.82) is 0 Å². The highest BCUT2D eigenvalue weighted by molar-refractivity contribution is 6.35. The van der Waals surface area contributed by atoms with Crippen molar-refractivity contribution in [3.05, 3.63) is 91.9 Å². The van der Waals surface area contributed by atoms with Crippen molar-refractivity contribution in [2.24, 2.45) is 5.10 Å². The molecule has 3 aromatic carbocycles. The fourth-order valence-corrected chi connectivity index (χ4v) is 3.34. The molecule has 0 aromatic heterocycles. The van der Waals surface area contributed by atoms with Crippen molar-refractivity contribution < 1.29 is 14.3 Å².